The molecule has 0 bridgehead atoms. The first kappa shape index (κ1) is 19.8. The summed E-state index contributed by atoms with van der Waals surface area (Å²) in [6.45, 7) is 1.36. The highest BCUT2D eigenvalue weighted by molar-refractivity contribution is 5.92. The number of hydrogen-bond acceptors (Lipinski definition) is 4. The minimum absolute atomic E-state index is 0.0683. The summed E-state index contributed by atoms with van der Waals surface area (Å²) < 4.78 is 1.96. The number of aryl methyl sites for hydroxylation is 1. The van der Waals surface area contributed by atoms with E-state index in [0.717, 1.165) is 18.5 Å². The van der Waals surface area contributed by atoms with Gasteiger partial charge in [0.25, 0.3) is 0 Å². The molecule has 1 saturated carbocycles. The van der Waals surface area contributed by atoms with Gasteiger partial charge in [-0.15, -0.1) is 0 Å². The second kappa shape index (κ2) is 9.85. The van der Waals surface area contributed by atoms with Gasteiger partial charge in [0.1, 0.15) is 0 Å². The maximum Gasteiger partial charge on any atom is 0.244 e. The van der Waals surface area contributed by atoms with Gasteiger partial charge in [-0.05, 0) is 30.9 Å². The van der Waals surface area contributed by atoms with E-state index in [1.54, 1.807) is 18.6 Å². The monoisotopic (exact) mass is 382 g/mol. The summed E-state index contributed by atoms with van der Waals surface area (Å²) in [5.41, 5.74) is 0.928. The fourth-order valence-corrected chi connectivity index (χ4v) is 3.39. The first-order valence-corrected chi connectivity index (χ1v) is 9.57. The average Bonchev–Trinajstić information content (AvgIpc) is 3.34. The number of aliphatic hydroxyl groups excluding tert-OH is 1. The normalized spacial score (nSPS) is 21.7. The molecule has 0 radical (unpaired) electrons. The molecule has 3 N–H and O–H groups in total. The first-order chi connectivity index (χ1) is 13.6. The molecule has 1 heterocycles. The van der Waals surface area contributed by atoms with E-state index in [0.29, 0.717) is 19.4 Å². The Balaban J connectivity index is 1.39. The highest BCUT2D eigenvalue weighted by atomic mass is 16.3. The molecule has 1 aromatic heterocycles. The Kier molecular flexibility index (Phi) is 6.97. The molecule has 1 aliphatic rings. The Bertz CT molecular complexity index is 789. The molecule has 7 nitrogen and oxygen atoms in total. The van der Waals surface area contributed by atoms with E-state index >= 15 is 0 Å². The van der Waals surface area contributed by atoms with Crippen LogP contribution in [0.1, 0.15) is 24.8 Å². The summed E-state index contributed by atoms with van der Waals surface area (Å²) in [7, 11) is 0. The van der Waals surface area contributed by atoms with Gasteiger partial charge < -0.3 is 20.3 Å². The van der Waals surface area contributed by atoms with Gasteiger partial charge in [0, 0.05) is 37.5 Å². The number of aromatic nitrogens is 2. The van der Waals surface area contributed by atoms with Crippen molar-refractivity contribution in [1.29, 1.82) is 0 Å². The highest BCUT2D eigenvalue weighted by Gasteiger charge is 2.37. The number of carbonyl (C=O) groups excluding carboxylic acids is 2. The summed E-state index contributed by atoms with van der Waals surface area (Å²) in [4.78, 5) is 28.4. The van der Waals surface area contributed by atoms with E-state index in [9.17, 15) is 14.7 Å². The van der Waals surface area contributed by atoms with E-state index in [4.69, 9.17) is 0 Å². The van der Waals surface area contributed by atoms with Crippen LogP contribution in [-0.4, -0.2) is 45.2 Å². The van der Waals surface area contributed by atoms with Crippen LogP contribution in [0.2, 0.25) is 0 Å². The van der Waals surface area contributed by atoms with E-state index in [1.165, 1.54) is 6.08 Å². The number of hydrogen-bond donors (Lipinski definition) is 3. The van der Waals surface area contributed by atoms with Crippen LogP contribution in [0.4, 0.5) is 0 Å². The minimum Gasteiger partial charge on any atom is -0.391 e. The van der Waals surface area contributed by atoms with Gasteiger partial charge in [0.2, 0.25) is 11.8 Å². The molecule has 0 saturated heterocycles. The Morgan fingerprint density at radius 2 is 2.07 bits per heavy atom. The maximum absolute atomic E-state index is 12.3. The minimum atomic E-state index is -0.712. The molecule has 7 heteroatoms. The lowest BCUT2D eigenvalue weighted by Gasteiger charge is -2.15. The van der Waals surface area contributed by atoms with Gasteiger partial charge in [-0.1, -0.05) is 30.3 Å². The van der Waals surface area contributed by atoms with Gasteiger partial charge in [-0.25, -0.2) is 4.98 Å². The number of nitrogens with one attached hydrogen (secondary N) is 2. The molecule has 0 unspecified atom stereocenters. The third-order valence-electron chi connectivity index (χ3n) is 4.91. The predicted molar refractivity (Wildman–Crippen MR) is 106 cm³/mol. The van der Waals surface area contributed by atoms with Gasteiger partial charge in [0.15, 0.2) is 0 Å². The number of carbonyl (C=O) groups is 2. The molecule has 3 rings (SSSR count). The van der Waals surface area contributed by atoms with Crippen molar-refractivity contribution in [1.82, 2.24) is 20.2 Å². The van der Waals surface area contributed by atoms with Crippen molar-refractivity contribution in [2.45, 2.75) is 38.0 Å². The van der Waals surface area contributed by atoms with Crippen molar-refractivity contribution < 1.29 is 14.7 Å². The second-order valence-corrected chi connectivity index (χ2v) is 7.04. The Morgan fingerprint density at radius 1 is 1.25 bits per heavy atom. The van der Waals surface area contributed by atoms with E-state index in [1.807, 2.05) is 41.1 Å². The summed E-state index contributed by atoms with van der Waals surface area (Å²) in [5, 5.41) is 15.9. The van der Waals surface area contributed by atoms with Gasteiger partial charge in [-0.3, -0.25) is 9.59 Å². The van der Waals surface area contributed by atoms with Gasteiger partial charge >= 0.3 is 0 Å². The lowest BCUT2D eigenvalue weighted by Crippen LogP contribution is -2.39. The second-order valence-electron chi connectivity index (χ2n) is 7.04. The molecular weight excluding hydrogens is 356 g/mol. The third kappa shape index (κ3) is 5.79. The molecule has 1 aliphatic carbocycles. The van der Waals surface area contributed by atoms with Crippen molar-refractivity contribution in [3.05, 3.63) is 60.7 Å². The van der Waals surface area contributed by atoms with Gasteiger partial charge in [-0.2, -0.15) is 0 Å². The van der Waals surface area contributed by atoms with Crippen LogP contribution in [-0.2, 0) is 16.1 Å². The van der Waals surface area contributed by atoms with Crippen LogP contribution in [0.15, 0.2) is 55.1 Å². The lowest BCUT2D eigenvalue weighted by atomic mass is 10.1. The summed E-state index contributed by atoms with van der Waals surface area (Å²) >= 11 is 0. The van der Waals surface area contributed by atoms with Crippen molar-refractivity contribution in [2.24, 2.45) is 5.92 Å². The Morgan fingerprint density at radius 3 is 2.82 bits per heavy atom. The molecule has 0 spiro atoms. The fraction of sp³-hybridized carbons (Fsp3) is 0.381. The number of amides is 2. The van der Waals surface area contributed by atoms with E-state index in [2.05, 4.69) is 15.6 Å². The summed E-state index contributed by atoms with van der Waals surface area (Å²) in [5.74, 6) is -0.623. The van der Waals surface area contributed by atoms with Crippen molar-refractivity contribution >= 4 is 17.9 Å². The van der Waals surface area contributed by atoms with Crippen molar-refractivity contribution in [3.8, 4) is 0 Å². The lowest BCUT2D eigenvalue weighted by molar-refractivity contribution is -0.125. The maximum atomic E-state index is 12.3. The predicted octanol–water partition coefficient (Wildman–Crippen LogP) is 1.36. The zero-order chi connectivity index (χ0) is 19.8. The molecule has 1 aromatic carbocycles. The van der Waals surface area contributed by atoms with Crippen LogP contribution in [0.5, 0.6) is 0 Å². The first-order valence-electron chi connectivity index (χ1n) is 9.57. The smallest absolute Gasteiger partial charge is 0.244 e. The van der Waals surface area contributed by atoms with Crippen LogP contribution in [0.25, 0.3) is 6.08 Å². The number of nitrogens with zero attached hydrogens (tertiary/aromatic N) is 2. The molecule has 2 aromatic rings. The van der Waals surface area contributed by atoms with Crippen LogP contribution in [0, 0.1) is 5.92 Å². The third-order valence-corrected chi connectivity index (χ3v) is 4.91. The zero-order valence-electron chi connectivity index (χ0n) is 15.7. The van der Waals surface area contributed by atoms with E-state index in [-0.39, 0.29) is 17.7 Å². The number of rotatable bonds is 8. The molecule has 0 aliphatic heterocycles. The van der Waals surface area contributed by atoms with Gasteiger partial charge in [0.05, 0.1) is 18.5 Å². The van der Waals surface area contributed by atoms with Crippen LogP contribution in [0.3, 0.4) is 0 Å². The number of imidazole rings is 1. The van der Waals surface area contributed by atoms with Crippen molar-refractivity contribution in [2.75, 3.05) is 6.54 Å². The highest BCUT2D eigenvalue weighted by Crippen LogP contribution is 2.26. The quantitative estimate of drug-likeness (QED) is 0.474. The standard InChI is InChI=1S/C21H26N4O3/c26-19-14-17(21(28)23-9-4-11-25-12-10-22-15-25)13-18(19)24-20(27)8-7-16-5-2-1-3-6-16/h1-3,5-8,10,12,15,17-19,26H,4,9,11,13-14H2,(H,23,28)(H,24,27)/t17-,18+,19+/m0/s1. The Hall–Kier alpha value is -2.93. The molecular formula is C21H26N4O3. The number of benzene rings is 1. The molecule has 28 heavy (non-hydrogen) atoms. The fourth-order valence-electron chi connectivity index (χ4n) is 3.39. The topological polar surface area (TPSA) is 96.3 Å². The SMILES string of the molecule is O=C(C=Cc1ccccc1)N[C@@H]1C[C@H](C(=O)NCCCn2ccnc2)C[C@H]1O. The summed E-state index contributed by atoms with van der Waals surface area (Å²) in [6.07, 6.45) is 9.43. The zero-order valence-corrected chi connectivity index (χ0v) is 15.7. The molecule has 3 atom stereocenters. The van der Waals surface area contributed by atoms with Crippen LogP contribution < -0.4 is 10.6 Å². The molecule has 1 fully saturated rings. The Labute approximate surface area is 164 Å². The van der Waals surface area contributed by atoms with E-state index < -0.39 is 12.1 Å². The van der Waals surface area contributed by atoms with Crippen LogP contribution >= 0.6 is 0 Å². The largest absolute Gasteiger partial charge is 0.391 e. The average molecular weight is 382 g/mol. The summed E-state index contributed by atoms with van der Waals surface area (Å²) in [6, 6.07) is 9.11. The van der Waals surface area contributed by atoms with Crippen molar-refractivity contribution in [3.63, 3.8) is 0 Å². The molecule has 2 amide bonds. The number of aliphatic hydroxyl groups is 1. The molecule has 148 valence electrons.